The maximum absolute atomic E-state index is 6.06. The summed E-state index contributed by atoms with van der Waals surface area (Å²) in [5.74, 6) is 0.500. The number of para-hydroxylation sites is 2. The average Bonchev–Trinajstić information content (AvgIpc) is 3.87. The monoisotopic (exact) mass is 665 g/mol. The fourth-order valence-electron chi connectivity index (χ4n) is 9.15. The topological polar surface area (TPSA) is 43.3 Å². The number of hydrogen-bond donors (Lipinski definition) is 0. The number of nitrogens with zero attached hydrogens (tertiary/aromatic N) is 3. The lowest BCUT2D eigenvalue weighted by atomic mass is 9.85. The lowest BCUT2D eigenvalue weighted by Gasteiger charge is -2.28. The number of dihydropyridines is 1. The number of allylic oxidation sites excluding steroid dienone is 5. The van der Waals surface area contributed by atoms with Crippen LogP contribution in [0.15, 0.2) is 167 Å². The van der Waals surface area contributed by atoms with Gasteiger partial charge >= 0.3 is 0 Å². The Hall–Kier alpha value is -6.52. The van der Waals surface area contributed by atoms with E-state index in [4.69, 9.17) is 14.4 Å². The number of benzene rings is 5. The van der Waals surface area contributed by atoms with Crippen LogP contribution >= 0.6 is 0 Å². The molecule has 0 spiro atoms. The van der Waals surface area contributed by atoms with Crippen LogP contribution in [0.1, 0.15) is 40.4 Å². The van der Waals surface area contributed by atoms with Crippen LogP contribution in [0.3, 0.4) is 0 Å². The van der Waals surface area contributed by atoms with Crippen LogP contribution in [0.2, 0.25) is 0 Å². The molecule has 4 heteroatoms. The van der Waals surface area contributed by atoms with Gasteiger partial charge in [0.15, 0.2) is 0 Å². The summed E-state index contributed by atoms with van der Waals surface area (Å²) in [5, 5.41) is 4.89. The normalized spacial score (nSPS) is 20.9. The van der Waals surface area contributed by atoms with E-state index in [0.717, 1.165) is 55.7 Å². The summed E-state index contributed by atoms with van der Waals surface area (Å²) in [4.78, 5) is 10.8. The van der Waals surface area contributed by atoms with Crippen LogP contribution < -0.4 is 0 Å². The SMILES string of the molecule is C1=CC2c3cc(-c4ccc5c(n4)C4N=C(c6ccc(-c7ccc8oc9ccccc9c8c7)cc6)C=CC4C=C5)cc4c5ccccc5n(c34)C2C=C1. The average molecular weight is 666 g/mol. The summed E-state index contributed by atoms with van der Waals surface area (Å²) < 4.78 is 8.61. The molecule has 4 aliphatic rings. The fraction of sp³-hybridized carbons (Fsp3) is 0.0833. The molecule has 52 heavy (non-hydrogen) atoms. The first kappa shape index (κ1) is 28.2. The summed E-state index contributed by atoms with van der Waals surface area (Å²) in [7, 11) is 0. The van der Waals surface area contributed by atoms with Crippen LogP contribution in [-0.4, -0.2) is 15.3 Å². The van der Waals surface area contributed by atoms with E-state index in [1.807, 2.05) is 12.1 Å². The minimum Gasteiger partial charge on any atom is -0.456 e. The number of rotatable bonds is 3. The third kappa shape index (κ3) is 3.98. The van der Waals surface area contributed by atoms with Crippen molar-refractivity contribution in [3.8, 4) is 22.4 Å². The van der Waals surface area contributed by atoms with Gasteiger partial charge in [-0.25, -0.2) is 4.98 Å². The van der Waals surface area contributed by atoms with Gasteiger partial charge in [-0.15, -0.1) is 0 Å². The van der Waals surface area contributed by atoms with E-state index in [0.29, 0.717) is 12.0 Å². The first-order valence-electron chi connectivity index (χ1n) is 18.1. The van der Waals surface area contributed by atoms with Crippen molar-refractivity contribution in [1.82, 2.24) is 9.55 Å². The highest BCUT2D eigenvalue weighted by atomic mass is 16.3. The van der Waals surface area contributed by atoms with E-state index in [2.05, 4.69) is 156 Å². The second-order valence-corrected chi connectivity index (χ2v) is 14.4. The Balaban J connectivity index is 0.913. The van der Waals surface area contributed by atoms with Crippen molar-refractivity contribution in [3.63, 3.8) is 0 Å². The molecule has 2 aliphatic carbocycles. The first-order valence-corrected chi connectivity index (χ1v) is 18.1. The zero-order valence-electron chi connectivity index (χ0n) is 28.1. The molecule has 4 unspecified atom stereocenters. The van der Waals surface area contributed by atoms with Crippen molar-refractivity contribution in [3.05, 3.63) is 180 Å². The summed E-state index contributed by atoms with van der Waals surface area (Å²) in [6.07, 6.45) is 18.0. The highest BCUT2D eigenvalue weighted by molar-refractivity contribution is 6.12. The number of pyridine rings is 1. The zero-order valence-corrected chi connectivity index (χ0v) is 28.1. The van der Waals surface area contributed by atoms with Gasteiger partial charge in [0.25, 0.3) is 0 Å². The molecular weight excluding hydrogens is 635 g/mol. The third-order valence-electron chi connectivity index (χ3n) is 11.6. The van der Waals surface area contributed by atoms with Gasteiger partial charge in [-0.3, -0.25) is 4.99 Å². The Morgan fingerprint density at radius 3 is 2.29 bits per heavy atom. The van der Waals surface area contributed by atoms with Gasteiger partial charge in [0.05, 0.1) is 28.7 Å². The standard InChI is InChI=1S/C48H31N3O/c1-4-10-42-34(7-1)38-26-33(27-39-35-8-2-5-11-43(35)51(42)48(38)39)41-23-20-31-18-17-30-19-22-40(49-46(30)47(31)50-41)29-15-13-28(14-16-29)32-21-24-45-37(25-32)36-9-3-6-12-44(36)52-45/h1-27,30,34,42,46H. The summed E-state index contributed by atoms with van der Waals surface area (Å²) in [6.45, 7) is 0. The van der Waals surface area contributed by atoms with Crippen molar-refractivity contribution >= 4 is 55.5 Å². The van der Waals surface area contributed by atoms with Gasteiger partial charge in [-0.05, 0) is 76.4 Å². The lowest BCUT2D eigenvalue weighted by molar-refractivity contribution is 0.592. The predicted molar refractivity (Wildman–Crippen MR) is 213 cm³/mol. The van der Waals surface area contributed by atoms with Crippen LogP contribution in [0, 0.1) is 5.92 Å². The van der Waals surface area contributed by atoms with E-state index in [9.17, 15) is 0 Å². The van der Waals surface area contributed by atoms with E-state index in [1.165, 1.54) is 38.5 Å². The lowest BCUT2D eigenvalue weighted by Crippen LogP contribution is -2.19. The van der Waals surface area contributed by atoms with Crippen LogP contribution in [0.4, 0.5) is 0 Å². The maximum Gasteiger partial charge on any atom is 0.135 e. The predicted octanol–water partition coefficient (Wildman–Crippen LogP) is 11.9. The summed E-state index contributed by atoms with van der Waals surface area (Å²) in [6, 6.07) is 41.7. The molecule has 5 aromatic carbocycles. The third-order valence-corrected chi connectivity index (χ3v) is 11.6. The van der Waals surface area contributed by atoms with Gasteiger partial charge in [-0.1, -0.05) is 115 Å². The minimum absolute atomic E-state index is 0.0759. The number of furan rings is 1. The molecule has 5 heterocycles. The smallest absolute Gasteiger partial charge is 0.135 e. The molecule has 0 fully saturated rings. The fourth-order valence-corrected chi connectivity index (χ4v) is 9.15. The number of hydrogen-bond acceptors (Lipinski definition) is 3. The van der Waals surface area contributed by atoms with Gasteiger partial charge in [0.2, 0.25) is 0 Å². The largest absolute Gasteiger partial charge is 0.456 e. The van der Waals surface area contributed by atoms with Gasteiger partial charge < -0.3 is 8.98 Å². The highest BCUT2D eigenvalue weighted by Crippen LogP contribution is 2.50. The van der Waals surface area contributed by atoms with E-state index in [-0.39, 0.29) is 12.0 Å². The molecule has 2 aliphatic heterocycles. The molecule has 0 N–H and O–H groups in total. The molecule has 0 saturated carbocycles. The van der Waals surface area contributed by atoms with Crippen LogP contribution in [-0.2, 0) is 0 Å². The molecule has 0 saturated heterocycles. The van der Waals surface area contributed by atoms with Crippen molar-refractivity contribution in [2.24, 2.45) is 10.9 Å². The summed E-state index contributed by atoms with van der Waals surface area (Å²) in [5.41, 5.74) is 14.6. The van der Waals surface area contributed by atoms with Crippen molar-refractivity contribution in [2.75, 3.05) is 0 Å². The van der Waals surface area contributed by atoms with E-state index >= 15 is 0 Å². The Kier molecular flexibility index (Phi) is 5.70. The van der Waals surface area contributed by atoms with Gasteiger partial charge in [0, 0.05) is 44.5 Å². The molecule has 4 nitrogen and oxygen atoms in total. The number of aromatic nitrogens is 2. The Labute approximate surface area is 300 Å². The van der Waals surface area contributed by atoms with Crippen LogP contribution in [0.25, 0.3) is 72.2 Å². The molecule has 12 rings (SSSR count). The number of fused-ring (bicyclic) bond motifs is 12. The van der Waals surface area contributed by atoms with Gasteiger partial charge in [-0.2, -0.15) is 0 Å². The second kappa shape index (κ2) is 10.5. The van der Waals surface area contributed by atoms with Gasteiger partial charge in [0.1, 0.15) is 17.2 Å². The highest BCUT2D eigenvalue weighted by Gasteiger charge is 2.35. The van der Waals surface area contributed by atoms with Crippen LogP contribution in [0.5, 0.6) is 0 Å². The van der Waals surface area contributed by atoms with E-state index < -0.39 is 0 Å². The Morgan fingerprint density at radius 1 is 0.577 bits per heavy atom. The van der Waals surface area contributed by atoms with E-state index in [1.54, 1.807) is 0 Å². The molecule has 4 atom stereocenters. The molecule has 3 aromatic heterocycles. The van der Waals surface area contributed by atoms with Crippen molar-refractivity contribution in [1.29, 1.82) is 0 Å². The summed E-state index contributed by atoms with van der Waals surface area (Å²) >= 11 is 0. The Bertz CT molecular complexity index is 2980. The molecular formula is C48H31N3O. The molecule has 8 aromatic rings. The quantitative estimate of drug-likeness (QED) is 0.188. The molecule has 0 bridgehead atoms. The molecule has 244 valence electrons. The molecule has 0 amide bonds. The zero-order chi connectivity index (χ0) is 33.9. The first-order chi connectivity index (χ1) is 25.7. The minimum atomic E-state index is -0.0759. The maximum atomic E-state index is 6.06. The van der Waals surface area contributed by atoms with Crippen molar-refractivity contribution in [2.45, 2.75) is 18.0 Å². The number of aliphatic imine (C=N–C) groups is 1. The second-order valence-electron chi connectivity index (χ2n) is 14.4. The Morgan fingerprint density at radius 2 is 1.35 bits per heavy atom. The van der Waals surface area contributed by atoms with Crippen molar-refractivity contribution < 1.29 is 4.42 Å². The molecule has 0 radical (unpaired) electrons.